The molecule has 0 aliphatic heterocycles. The van der Waals surface area contributed by atoms with Gasteiger partial charge >= 0.3 is 12.0 Å². The number of urea groups is 1. The molecule has 8 heteroatoms. The van der Waals surface area contributed by atoms with Crippen LogP contribution in [0.25, 0.3) is 0 Å². The Labute approximate surface area is 175 Å². The molecule has 2 N–H and O–H groups in total. The maximum atomic E-state index is 12.7. The van der Waals surface area contributed by atoms with E-state index < -0.39 is 11.9 Å². The van der Waals surface area contributed by atoms with Gasteiger partial charge < -0.3 is 10.1 Å². The van der Waals surface area contributed by atoms with E-state index in [9.17, 15) is 14.4 Å². The van der Waals surface area contributed by atoms with Crippen LogP contribution in [0, 0.1) is 11.3 Å². The second-order valence-electron chi connectivity index (χ2n) is 6.62. The average Bonchev–Trinajstić information content (AvgIpc) is 2.72. The van der Waals surface area contributed by atoms with Crippen LogP contribution in [0.3, 0.4) is 0 Å². The number of nitrogens with one attached hydrogen (secondary N) is 2. The molecule has 1 atom stereocenters. The molecule has 0 fully saturated rings. The van der Waals surface area contributed by atoms with E-state index in [2.05, 4.69) is 10.7 Å². The minimum atomic E-state index is -0.567. The first kappa shape index (κ1) is 22.4. The Bertz CT molecular complexity index is 933. The number of hydrogen-bond donors (Lipinski definition) is 2. The number of ether oxygens (including phenoxy) is 1. The van der Waals surface area contributed by atoms with Gasteiger partial charge in [-0.15, -0.1) is 0 Å². The zero-order chi connectivity index (χ0) is 22.1. The third-order valence-corrected chi connectivity index (χ3v) is 4.24. The molecule has 0 aromatic heterocycles. The van der Waals surface area contributed by atoms with Crippen LogP contribution in [0.15, 0.2) is 48.5 Å². The number of anilines is 2. The summed E-state index contributed by atoms with van der Waals surface area (Å²) in [4.78, 5) is 35.9. The molecule has 0 aliphatic carbocycles. The van der Waals surface area contributed by atoms with Gasteiger partial charge in [-0.3, -0.25) is 15.0 Å². The number of rotatable bonds is 6. The van der Waals surface area contributed by atoms with Crippen molar-refractivity contribution >= 4 is 29.3 Å². The Morgan fingerprint density at radius 3 is 2.27 bits per heavy atom. The number of nitriles is 1. The van der Waals surface area contributed by atoms with Gasteiger partial charge in [-0.25, -0.2) is 9.80 Å². The first-order valence-corrected chi connectivity index (χ1v) is 9.48. The van der Waals surface area contributed by atoms with Crippen molar-refractivity contribution in [3.05, 3.63) is 59.7 Å². The average molecular weight is 408 g/mol. The molecule has 0 bridgehead atoms. The first-order valence-electron chi connectivity index (χ1n) is 9.48. The highest BCUT2D eigenvalue weighted by Gasteiger charge is 2.18. The number of carbonyl (C=O) groups is 3. The van der Waals surface area contributed by atoms with Gasteiger partial charge in [0.15, 0.2) is 0 Å². The maximum Gasteiger partial charge on any atom is 0.345 e. The summed E-state index contributed by atoms with van der Waals surface area (Å²) >= 11 is 0. The van der Waals surface area contributed by atoms with Crippen molar-refractivity contribution in [1.82, 2.24) is 5.43 Å². The maximum absolute atomic E-state index is 12.7. The number of carbonyl (C=O) groups excluding carboxylic acids is 3. The molecule has 0 saturated carbocycles. The van der Waals surface area contributed by atoms with Crippen molar-refractivity contribution in [3.8, 4) is 6.07 Å². The number of esters is 1. The van der Waals surface area contributed by atoms with Crippen LogP contribution in [0.4, 0.5) is 16.2 Å². The summed E-state index contributed by atoms with van der Waals surface area (Å²) in [5.41, 5.74) is 4.77. The Balaban J connectivity index is 2.10. The molecule has 3 amide bonds. The van der Waals surface area contributed by atoms with Gasteiger partial charge in [0.2, 0.25) is 5.91 Å². The predicted molar refractivity (Wildman–Crippen MR) is 113 cm³/mol. The quantitative estimate of drug-likeness (QED) is 0.559. The lowest BCUT2D eigenvalue weighted by atomic mass is 9.98. The Morgan fingerprint density at radius 1 is 1.10 bits per heavy atom. The number of hydrogen-bond acceptors (Lipinski definition) is 5. The zero-order valence-corrected chi connectivity index (χ0v) is 17.1. The predicted octanol–water partition coefficient (Wildman–Crippen LogP) is 3.70. The normalized spacial score (nSPS) is 11.0. The second-order valence-corrected chi connectivity index (χ2v) is 6.62. The van der Waals surface area contributed by atoms with Crippen LogP contribution in [0.2, 0.25) is 0 Å². The van der Waals surface area contributed by atoms with Gasteiger partial charge in [0.05, 0.1) is 30.3 Å². The molecule has 2 aromatic rings. The summed E-state index contributed by atoms with van der Waals surface area (Å²) < 4.78 is 4.97. The van der Waals surface area contributed by atoms with E-state index in [1.54, 1.807) is 43.3 Å². The monoisotopic (exact) mass is 408 g/mol. The molecule has 0 heterocycles. The molecule has 30 heavy (non-hydrogen) atoms. The molecule has 1 unspecified atom stereocenters. The van der Waals surface area contributed by atoms with Crippen molar-refractivity contribution in [2.75, 3.05) is 16.9 Å². The molecular weight excluding hydrogens is 384 g/mol. The number of nitrogens with zero attached hydrogens (tertiary/aromatic N) is 2. The third kappa shape index (κ3) is 6.34. The minimum Gasteiger partial charge on any atom is -0.466 e. The molecule has 2 rings (SSSR count). The van der Waals surface area contributed by atoms with Crippen LogP contribution < -0.4 is 15.8 Å². The van der Waals surface area contributed by atoms with E-state index in [1.807, 2.05) is 25.1 Å². The largest absolute Gasteiger partial charge is 0.466 e. The number of hydrazine groups is 1. The van der Waals surface area contributed by atoms with Crippen molar-refractivity contribution < 1.29 is 19.1 Å². The van der Waals surface area contributed by atoms with Crippen LogP contribution >= 0.6 is 0 Å². The summed E-state index contributed by atoms with van der Waals surface area (Å²) in [7, 11) is 0. The smallest absolute Gasteiger partial charge is 0.345 e. The minimum absolute atomic E-state index is 0.0247. The molecule has 0 radical (unpaired) electrons. The molecule has 0 spiro atoms. The highest BCUT2D eigenvalue weighted by Crippen LogP contribution is 2.22. The van der Waals surface area contributed by atoms with Crippen molar-refractivity contribution in [3.63, 3.8) is 0 Å². The van der Waals surface area contributed by atoms with Crippen LogP contribution in [0.1, 0.15) is 44.2 Å². The standard InChI is InChI=1S/C22H24N4O4/c1-4-30-21(28)13-15(2)18-7-9-19(10-8-18)24-22(29)26(25-16(3)27)20-11-5-17(14-23)6-12-20/h5-12,15H,4,13H2,1-3H3,(H,24,29)(H,25,27). The highest BCUT2D eigenvalue weighted by atomic mass is 16.5. The lowest BCUT2D eigenvalue weighted by Gasteiger charge is -2.23. The number of benzene rings is 2. The van der Waals surface area contributed by atoms with Crippen molar-refractivity contribution in [2.45, 2.75) is 33.1 Å². The van der Waals surface area contributed by atoms with Crippen molar-refractivity contribution in [2.24, 2.45) is 0 Å². The Hall–Kier alpha value is -3.86. The first-order chi connectivity index (χ1) is 14.3. The van der Waals surface area contributed by atoms with Crippen LogP contribution in [-0.2, 0) is 14.3 Å². The van der Waals surface area contributed by atoms with Gasteiger partial charge in [0.25, 0.3) is 0 Å². The van der Waals surface area contributed by atoms with Crippen molar-refractivity contribution in [1.29, 1.82) is 5.26 Å². The fourth-order valence-electron chi connectivity index (χ4n) is 2.74. The summed E-state index contributed by atoms with van der Waals surface area (Å²) in [5, 5.41) is 12.7. The Morgan fingerprint density at radius 2 is 1.73 bits per heavy atom. The SMILES string of the molecule is CCOC(=O)CC(C)c1ccc(NC(=O)N(NC(C)=O)c2ccc(C#N)cc2)cc1. The molecule has 0 saturated heterocycles. The number of amides is 3. The van der Waals surface area contributed by atoms with E-state index in [0.717, 1.165) is 10.6 Å². The third-order valence-electron chi connectivity index (χ3n) is 4.24. The van der Waals surface area contributed by atoms with Gasteiger partial charge in [0.1, 0.15) is 0 Å². The van der Waals surface area contributed by atoms with Gasteiger partial charge in [-0.2, -0.15) is 5.26 Å². The molecule has 8 nitrogen and oxygen atoms in total. The lowest BCUT2D eigenvalue weighted by Crippen LogP contribution is -2.47. The van der Waals surface area contributed by atoms with Crippen LogP contribution in [-0.4, -0.2) is 24.5 Å². The van der Waals surface area contributed by atoms with Gasteiger partial charge in [-0.1, -0.05) is 19.1 Å². The Kier molecular flexibility index (Phi) is 7.94. The summed E-state index contributed by atoms with van der Waals surface area (Å²) in [5.74, 6) is -0.697. The van der Waals surface area contributed by atoms with E-state index in [-0.39, 0.29) is 18.3 Å². The zero-order valence-electron chi connectivity index (χ0n) is 17.1. The molecular formula is C22H24N4O4. The summed E-state index contributed by atoms with van der Waals surface area (Å²) in [6, 6.07) is 14.8. The van der Waals surface area contributed by atoms with Gasteiger partial charge in [-0.05, 0) is 54.8 Å². The van der Waals surface area contributed by atoms with Crippen LogP contribution in [0.5, 0.6) is 0 Å². The topological polar surface area (TPSA) is 112 Å². The molecule has 2 aromatic carbocycles. The van der Waals surface area contributed by atoms with E-state index in [0.29, 0.717) is 23.5 Å². The lowest BCUT2D eigenvalue weighted by molar-refractivity contribution is -0.143. The fraction of sp³-hybridized carbons (Fsp3) is 0.273. The second kappa shape index (κ2) is 10.6. The highest BCUT2D eigenvalue weighted by molar-refractivity contribution is 6.03. The summed E-state index contributed by atoms with van der Waals surface area (Å²) in [6.45, 7) is 5.33. The van der Waals surface area contributed by atoms with E-state index in [1.165, 1.54) is 6.92 Å². The molecule has 156 valence electrons. The molecule has 0 aliphatic rings. The summed E-state index contributed by atoms with van der Waals surface area (Å²) in [6.07, 6.45) is 0.272. The van der Waals surface area contributed by atoms with Gasteiger partial charge in [0, 0.05) is 12.6 Å². The van der Waals surface area contributed by atoms with E-state index in [4.69, 9.17) is 10.00 Å². The fourth-order valence-corrected chi connectivity index (χ4v) is 2.74. The van der Waals surface area contributed by atoms with E-state index >= 15 is 0 Å².